The lowest BCUT2D eigenvalue weighted by Crippen LogP contribution is -2.28. The van der Waals surface area contributed by atoms with Crippen molar-refractivity contribution in [3.8, 4) is 5.75 Å². The third-order valence-electron chi connectivity index (χ3n) is 3.76. The van der Waals surface area contributed by atoms with Crippen molar-refractivity contribution in [2.75, 3.05) is 13.7 Å². The molecule has 0 spiro atoms. The average molecular weight is 299 g/mol. The van der Waals surface area contributed by atoms with E-state index in [1.807, 2.05) is 0 Å². The molecule has 0 unspecified atom stereocenters. The Morgan fingerprint density at radius 3 is 2.19 bits per heavy atom. The van der Waals surface area contributed by atoms with E-state index in [0.717, 1.165) is 19.4 Å². The maximum Gasteiger partial charge on any atom is 0.133 e. The first-order chi connectivity index (χ1) is 9.75. The van der Waals surface area contributed by atoms with Crippen molar-refractivity contribution in [3.63, 3.8) is 0 Å². The molecular weight excluding hydrogens is 272 g/mol. The number of hydrogen-bond donors (Lipinski definition) is 1. The monoisotopic (exact) mass is 299 g/mol. The first-order valence-corrected chi connectivity index (χ1v) is 7.50. The smallest absolute Gasteiger partial charge is 0.133 e. The van der Waals surface area contributed by atoms with Crippen molar-refractivity contribution in [2.24, 2.45) is 5.41 Å². The van der Waals surface area contributed by atoms with Gasteiger partial charge in [-0.2, -0.15) is 0 Å². The van der Waals surface area contributed by atoms with E-state index in [-0.39, 0.29) is 16.7 Å². The van der Waals surface area contributed by atoms with Crippen LogP contribution in [0.2, 0.25) is 0 Å². The molecule has 0 fully saturated rings. The van der Waals surface area contributed by atoms with Crippen molar-refractivity contribution in [3.05, 3.63) is 29.3 Å². The van der Waals surface area contributed by atoms with E-state index in [0.29, 0.717) is 12.5 Å². The van der Waals surface area contributed by atoms with Crippen LogP contribution in [0.3, 0.4) is 0 Å². The van der Waals surface area contributed by atoms with E-state index >= 15 is 0 Å². The van der Waals surface area contributed by atoms with Crippen LogP contribution in [0.5, 0.6) is 5.75 Å². The van der Waals surface area contributed by atoms with Gasteiger partial charge in [0.15, 0.2) is 0 Å². The van der Waals surface area contributed by atoms with E-state index < -0.39 is 11.6 Å². The van der Waals surface area contributed by atoms with Gasteiger partial charge in [-0.25, -0.2) is 8.78 Å². The molecule has 0 saturated heterocycles. The molecule has 0 aliphatic carbocycles. The minimum atomic E-state index is -0.525. The van der Waals surface area contributed by atoms with Crippen LogP contribution in [0.25, 0.3) is 0 Å². The van der Waals surface area contributed by atoms with E-state index in [9.17, 15) is 8.78 Å². The SMILES string of the molecule is COc1cc(F)c(CCC(C)(C)CCNC(C)C)c(F)c1. The number of hydrogen-bond acceptors (Lipinski definition) is 2. The lowest BCUT2D eigenvalue weighted by atomic mass is 9.83. The number of rotatable bonds is 8. The van der Waals surface area contributed by atoms with Crippen LogP contribution in [0, 0.1) is 17.0 Å². The van der Waals surface area contributed by atoms with Gasteiger partial charge in [0.2, 0.25) is 0 Å². The van der Waals surface area contributed by atoms with Crippen molar-refractivity contribution >= 4 is 0 Å². The standard InChI is InChI=1S/C17H27F2NO/c1-12(2)20-9-8-17(3,4)7-6-14-15(18)10-13(21-5)11-16(14)19/h10-12,20H,6-9H2,1-5H3. The van der Waals surface area contributed by atoms with Gasteiger partial charge in [-0.05, 0) is 31.2 Å². The molecule has 0 aliphatic rings. The van der Waals surface area contributed by atoms with Crippen LogP contribution in [0.1, 0.15) is 46.1 Å². The normalized spacial score (nSPS) is 12.0. The van der Waals surface area contributed by atoms with E-state index in [2.05, 4.69) is 33.0 Å². The molecule has 0 atom stereocenters. The van der Waals surface area contributed by atoms with Gasteiger partial charge in [0.25, 0.3) is 0 Å². The molecule has 2 nitrogen and oxygen atoms in total. The highest BCUT2D eigenvalue weighted by molar-refractivity contribution is 5.30. The van der Waals surface area contributed by atoms with Gasteiger partial charge < -0.3 is 10.1 Å². The highest BCUT2D eigenvalue weighted by Crippen LogP contribution is 2.29. The lowest BCUT2D eigenvalue weighted by Gasteiger charge is -2.25. The molecule has 0 radical (unpaired) electrons. The topological polar surface area (TPSA) is 21.3 Å². The molecule has 1 rings (SSSR count). The molecule has 1 aromatic rings. The second-order valence-corrected chi connectivity index (χ2v) is 6.59. The highest BCUT2D eigenvalue weighted by Gasteiger charge is 2.20. The largest absolute Gasteiger partial charge is 0.497 e. The third-order valence-corrected chi connectivity index (χ3v) is 3.76. The van der Waals surface area contributed by atoms with Crippen molar-refractivity contribution in [1.82, 2.24) is 5.32 Å². The number of nitrogens with one attached hydrogen (secondary N) is 1. The fourth-order valence-corrected chi connectivity index (χ4v) is 2.22. The zero-order valence-corrected chi connectivity index (χ0v) is 13.7. The molecule has 0 heterocycles. The van der Waals surface area contributed by atoms with E-state index in [1.54, 1.807) is 0 Å². The zero-order chi connectivity index (χ0) is 16.0. The van der Waals surface area contributed by atoms with Gasteiger partial charge in [0.05, 0.1) is 7.11 Å². The summed E-state index contributed by atoms with van der Waals surface area (Å²) in [4.78, 5) is 0. The first-order valence-electron chi connectivity index (χ1n) is 7.50. The Morgan fingerprint density at radius 1 is 1.14 bits per heavy atom. The third kappa shape index (κ3) is 6.00. The van der Waals surface area contributed by atoms with Crippen LogP contribution in [-0.2, 0) is 6.42 Å². The minimum Gasteiger partial charge on any atom is -0.497 e. The Bertz CT molecular complexity index is 435. The number of methoxy groups -OCH3 is 1. The predicted octanol–water partition coefficient (Wildman–Crippen LogP) is 4.32. The highest BCUT2D eigenvalue weighted by atomic mass is 19.1. The quantitative estimate of drug-likeness (QED) is 0.772. The van der Waals surface area contributed by atoms with Crippen LogP contribution in [0.15, 0.2) is 12.1 Å². The van der Waals surface area contributed by atoms with Gasteiger partial charge >= 0.3 is 0 Å². The zero-order valence-electron chi connectivity index (χ0n) is 13.7. The molecular formula is C17H27F2NO. The Balaban J connectivity index is 2.61. The summed E-state index contributed by atoms with van der Waals surface area (Å²) < 4.78 is 32.7. The van der Waals surface area contributed by atoms with Crippen molar-refractivity contribution < 1.29 is 13.5 Å². The van der Waals surface area contributed by atoms with E-state index in [4.69, 9.17) is 4.74 Å². The molecule has 0 bridgehead atoms. The fraction of sp³-hybridized carbons (Fsp3) is 0.647. The second-order valence-electron chi connectivity index (χ2n) is 6.59. The summed E-state index contributed by atoms with van der Waals surface area (Å²) in [5.74, 6) is -0.833. The van der Waals surface area contributed by atoms with Gasteiger partial charge in [0.1, 0.15) is 17.4 Å². The van der Waals surface area contributed by atoms with Crippen LogP contribution >= 0.6 is 0 Å². The summed E-state index contributed by atoms with van der Waals surface area (Å²) >= 11 is 0. The second kappa shape index (κ2) is 7.74. The minimum absolute atomic E-state index is 0.0424. The summed E-state index contributed by atoms with van der Waals surface area (Å²) in [6.45, 7) is 9.39. The number of benzene rings is 1. The maximum absolute atomic E-state index is 13.9. The molecule has 0 saturated carbocycles. The molecule has 0 aromatic heterocycles. The van der Waals surface area contributed by atoms with Crippen molar-refractivity contribution in [1.29, 1.82) is 0 Å². The average Bonchev–Trinajstić information content (AvgIpc) is 2.36. The summed E-state index contributed by atoms with van der Waals surface area (Å²) in [6.07, 6.45) is 2.12. The summed E-state index contributed by atoms with van der Waals surface area (Å²) in [5.41, 5.74) is 0.196. The molecule has 120 valence electrons. The summed E-state index contributed by atoms with van der Waals surface area (Å²) in [6, 6.07) is 2.94. The molecule has 1 aromatic carbocycles. The Hall–Kier alpha value is -1.16. The van der Waals surface area contributed by atoms with Gasteiger partial charge in [-0.1, -0.05) is 27.7 Å². The first kappa shape index (κ1) is 17.9. The fourth-order valence-electron chi connectivity index (χ4n) is 2.22. The molecule has 0 aliphatic heterocycles. The summed E-state index contributed by atoms with van der Waals surface area (Å²) in [5, 5.41) is 3.37. The molecule has 4 heteroatoms. The van der Waals surface area contributed by atoms with E-state index in [1.165, 1.54) is 19.2 Å². The lowest BCUT2D eigenvalue weighted by molar-refractivity contribution is 0.295. The summed E-state index contributed by atoms with van der Waals surface area (Å²) in [7, 11) is 1.40. The van der Waals surface area contributed by atoms with Crippen molar-refractivity contribution in [2.45, 2.75) is 53.0 Å². The van der Waals surface area contributed by atoms with Crippen LogP contribution in [0.4, 0.5) is 8.78 Å². The predicted molar refractivity (Wildman–Crippen MR) is 82.8 cm³/mol. The van der Waals surface area contributed by atoms with Gasteiger partial charge in [0, 0.05) is 23.7 Å². The number of ether oxygens (including phenoxy) is 1. The molecule has 0 amide bonds. The van der Waals surface area contributed by atoms with Gasteiger partial charge in [-0.15, -0.1) is 0 Å². The van der Waals surface area contributed by atoms with Crippen LogP contribution in [-0.4, -0.2) is 19.7 Å². The Morgan fingerprint density at radius 2 is 1.71 bits per heavy atom. The Labute approximate surface area is 126 Å². The molecule has 1 N–H and O–H groups in total. The molecule has 21 heavy (non-hydrogen) atoms. The maximum atomic E-state index is 13.9. The number of halogens is 2. The Kier molecular flexibility index (Phi) is 6.59. The van der Waals surface area contributed by atoms with Gasteiger partial charge in [-0.3, -0.25) is 0 Å². The van der Waals surface area contributed by atoms with Crippen LogP contribution < -0.4 is 10.1 Å².